The summed E-state index contributed by atoms with van der Waals surface area (Å²) in [7, 11) is -4.04. The maximum atomic E-state index is 12.3. The zero-order valence-corrected chi connectivity index (χ0v) is 14.4. The molecule has 10 nitrogen and oxygen atoms in total. The number of amides is 2. The first-order valence-electron chi connectivity index (χ1n) is 7.63. The number of H-pyrrole nitrogens is 1. The quantitative estimate of drug-likeness (QED) is 0.506. The van der Waals surface area contributed by atoms with E-state index in [0.29, 0.717) is 12.8 Å². The SMILES string of the molecule is CC1CCCN(C(=O)CNS(=O)(=O)c2c[nH]c(C(N)=O)c2)C1C(=O)O. The molecule has 1 aliphatic rings. The Morgan fingerprint density at radius 2 is 2.12 bits per heavy atom. The number of hydrogen-bond acceptors (Lipinski definition) is 5. The molecule has 1 aliphatic heterocycles. The fourth-order valence-electron chi connectivity index (χ4n) is 2.86. The minimum Gasteiger partial charge on any atom is -0.480 e. The molecule has 2 amide bonds. The Morgan fingerprint density at radius 3 is 2.68 bits per heavy atom. The van der Waals surface area contributed by atoms with Gasteiger partial charge in [0.05, 0.1) is 6.54 Å². The Labute approximate surface area is 144 Å². The third-order valence-electron chi connectivity index (χ3n) is 4.15. The molecule has 0 radical (unpaired) electrons. The van der Waals surface area contributed by atoms with Crippen LogP contribution in [0.3, 0.4) is 0 Å². The van der Waals surface area contributed by atoms with Gasteiger partial charge < -0.3 is 20.7 Å². The predicted molar refractivity (Wildman–Crippen MR) is 86.0 cm³/mol. The second-order valence-electron chi connectivity index (χ2n) is 5.93. The van der Waals surface area contributed by atoms with E-state index in [4.69, 9.17) is 5.73 Å². The van der Waals surface area contributed by atoms with Crippen molar-refractivity contribution < 1.29 is 27.9 Å². The number of rotatable bonds is 6. The average Bonchev–Trinajstić information content (AvgIpc) is 3.03. The molecule has 0 aliphatic carbocycles. The van der Waals surface area contributed by atoms with Gasteiger partial charge in [-0.05, 0) is 24.8 Å². The van der Waals surface area contributed by atoms with Crippen LogP contribution in [-0.2, 0) is 19.6 Å². The van der Waals surface area contributed by atoms with Crippen LogP contribution in [0.1, 0.15) is 30.3 Å². The number of aromatic nitrogens is 1. The van der Waals surface area contributed by atoms with Gasteiger partial charge in [-0.1, -0.05) is 6.92 Å². The number of carboxylic acid groups (broad SMARTS) is 1. The number of nitrogens with one attached hydrogen (secondary N) is 2. The number of nitrogens with two attached hydrogens (primary N) is 1. The minimum atomic E-state index is -4.04. The number of carbonyl (C=O) groups excluding carboxylic acids is 2. The molecule has 2 unspecified atom stereocenters. The Balaban J connectivity index is 2.07. The first kappa shape index (κ1) is 18.9. The van der Waals surface area contributed by atoms with Gasteiger partial charge in [-0.2, -0.15) is 0 Å². The lowest BCUT2D eigenvalue weighted by Crippen LogP contribution is -2.54. The average molecular weight is 372 g/mol. The summed E-state index contributed by atoms with van der Waals surface area (Å²) in [5, 5.41) is 9.31. The molecule has 1 saturated heterocycles. The van der Waals surface area contributed by atoms with E-state index in [-0.39, 0.29) is 23.1 Å². The molecule has 0 bridgehead atoms. The summed E-state index contributed by atoms with van der Waals surface area (Å²) in [6, 6.07) is 0.0810. The second-order valence-corrected chi connectivity index (χ2v) is 7.69. The minimum absolute atomic E-state index is 0.0810. The van der Waals surface area contributed by atoms with Crippen molar-refractivity contribution in [2.75, 3.05) is 13.1 Å². The molecule has 1 fully saturated rings. The molecule has 5 N–H and O–H groups in total. The lowest BCUT2D eigenvalue weighted by Gasteiger charge is -2.37. The van der Waals surface area contributed by atoms with Crippen LogP contribution >= 0.6 is 0 Å². The molecule has 2 rings (SSSR count). The Morgan fingerprint density at radius 1 is 1.44 bits per heavy atom. The first-order chi connectivity index (χ1) is 11.6. The number of sulfonamides is 1. The van der Waals surface area contributed by atoms with Crippen molar-refractivity contribution in [3.05, 3.63) is 18.0 Å². The van der Waals surface area contributed by atoms with Crippen molar-refractivity contribution in [3.63, 3.8) is 0 Å². The number of carboxylic acids is 1. The maximum Gasteiger partial charge on any atom is 0.326 e. The molecule has 11 heteroatoms. The van der Waals surface area contributed by atoms with E-state index in [1.54, 1.807) is 6.92 Å². The lowest BCUT2D eigenvalue weighted by atomic mass is 9.91. The van der Waals surface area contributed by atoms with Crippen LogP contribution in [0.2, 0.25) is 0 Å². The van der Waals surface area contributed by atoms with Gasteiger partial charge in [0.1, 0.15) is 16.6 Å². The third-order valence-corrected chi connectivity index (χ3v) is 5.53. The van der Waals surface area contributed by atoms with Crippen LogP contribution in [0, 0.1) is 5.92 Å². The highest BCUT2D eigenvalue weighted by Gasteiger charge is 2.37. The molecule has 2 atom stereocenters. The molecule has 0 saturated carbocycles. The van der Waals surface area contributed by atoms with E-state index in [1.165, 1.54) is 4.90 Å². The molecule has 2 heterocycles. The van der Waals surface area contributed by atoms with Crippen molar-refractivity contribution in [1.82, 2.24) is 14.6 Å². The van der Waals surface area contributed by atoms with Crippen LogP contribution in [0.25, 0.3) is 0 Å². The maximum absolute atomic E-state index is 12.3. The van der Waals surface area contributed by atoms with Gasteiger partial charge in [0.2, 0.25) is 15.9 Å². The highest BCUT2D eigenvalue weighted by atomic mass is 32.2. The number of primary amides is 1. The largest absolute Gasteiger partial charge is 0.480 e. The Kier molecular flexibility index (Phi) is 5.48. The van der Waals surface area contributed by atoms with E-state index >= 15 is 0 Å². The van der Waals surface area contributed by atoms with E-state index < -0.39 is 40.4 Å². The number of nitrogens with zero attached hydrogens (tertiary/aromatic N) is 1. The number of hydrogen-bond donors (Lipinski definition) is 4. The van der Waals surface area contributed by atoms with Crippen molar-refractivity contribution in [3.8, 4) is 0 Å². The molecule has 0 spiro atoms. The zero-order chi connectivity index (χ0) is 18.8. The highest BCUT2D eigenvalue weighted by Crippen LogP contribution is 2.23. The highest BCUT2D eigenvalue weighted by molar-refractivity contribution is 7.89. The van der Waals surface area contributed by atoms with Gasteiger partial charge in [-0.3, -0.25) is 9.59 Å². The van der Waals surface area contributed by atoms with Crippen LogP contribution in [0.15, 0.2) is 17.2 Å². The van der Waals surface area contributed by atoms with Crippen LogP contribution in [0.5, 0.6) is 0 Å². The molecule has 1 aromatic heterocycles. The van der Waals surface area contributed by atoms with Crippen molar-refractivity contribution in [1.29, 1.82) is 0 Å². The van der Waals surface area contributed by atoms with Gasteiger partial charge in [-0.25, -0.2) is 17.9 Å². The summed E-state index contributed by atoms with van der Waals surface area (Å²) >= 11 is 0. The van der Waals surface area contributed by atoms with Crippen molar-refractivity contribution in [2.45, 2.75) is 30.7 Å². The van der Waals surface area contributed by atoms with Gasteiger partial charge >= 0.3 is 5.97 Å². The van der Waals surface area contributed by atoms with E-state index in [9.17, 15) is 27.9 Å². The standard InChI is InChI=1S/C14H20N4O6S/c1-8-3-2-4-18(12(8)14(21)22)11(19)7-17-25(23,24)9-5-10(13(15)20)16-6-9/h5-6,8,12,16-17H,2-4,7H2,1H3,(H2,15,20)(H,21,22). The summed E-state index contributed by atoms with van der Waals surface area (Å²) in [6.07, 6.45) is 2.42. The van der Waals surface area contributed by atoms with Gasteiger partial charge in [0.15, 0.2) is 0 Å². The van der Waals surface area contributed by atoms with Crippen LogP contribution < -0.4 is 10.5 Å². The second kappa shape index (κ2) is 7.23. The number of likely N-dealkylation sites (tertiary alicyclic amines) is 1. The monoisotopic (exact) mass is 372 g/mol. The van der Waals surface area contributed by atoms with E-state index in [1.807, 2.05) is 0 Å². The third kappa shape index (κ3) is 4.17. The van der Waals surface area contributed by atoms with Gasteiger partial charge in [0.25, 0.3) is 5.91 Å². The summed E-state index contributed by atoms with van der Waals surface area (Å²) in [5.41, 5.74) is 4.96. The number of aromatic amines is 1. The van der Waals surface area contributed by atoms with Gasteiger partial charge in [-0.15, -0.1) is 0 Å². The number of piperidine rings is 1. The van der Waals surface area contributed by atoms with Gasteiger partial charge in [0, 0.05) is 12.7 Å². The first-order valence-corrected chi connectivity index (χ1v) is 9.12. The normalized spacial score (nSPS) is 21.1. The summed E-state index contributed by atoms with van der Waals surface area (Å²) in [6.45, 7) is 1.43. The number of aliphatic carboxylic acids is 1. The molecule has 1 aromatic rings. The summed E-state index contributed by atoms with van der Waals surface area (Å²) in [4.78, 5) is 38.1. The fourth-order valence-corrected chi connectivity index (χ4v) is 3.83. The Hall–Kier alpha value is -2.40. The smallest absolute Gasteiger partial charge is 0.326 e. The summed E-state index contributed by atoms with van der Waals surface area (Å²) < 4.78 is 26.4. The van der Waals surface area contributed by atoms with E-state index in [0.717, 1.165) is 12.3 Å². The molecule has 0 aromatic carbocycles. The number of carbonyl (C=O) groups is 3. The van der Waals surface area contributed by atoms with E-state index in [2.05, 4.69) is 9.71 Å². The molecule has 25 heavy (non-hydrogen) atoms. The zero-order valence-electron chi connectivity index (χ0n) is 13.6. The molecular formula is C14H20N4O6S. The topological polar surface area (TPSA) is 163 Å². The van der Waals surface area contributed by atoms with Crippen molar-refractivity contribution >= 4 is 27.8 Å². The molecular weight excluding hydrogens is 352 g/mol. The van der Waals surface area contributed by atoms with Crippen molar-refractivity contribution in [2.24, 2.45) is 11.7 Å². The fraction of sp³-hybridized carbons (Fsp3) is 0.500. The predicted octanol–water partition coefficient (Wildman–Crippen LogP) is -0.896. The lowest BCUT2D eigenvalue weighted by molar-refractivity contribution is -0.154. The van der Waals surface area contributed by atoms with Crippen LogP contribution in [-0.4, -0.2) is 60.3 Å². The van der Waals surface area contributed by atoms with Crippen LogP contribution in [0.4, 0.5) is 0 Å². The molecule has 138 valence electrons. The summed E-state index contributed by atoms with van der Waals surface area (Å²) in [5.74, 6) is -2.76. The Bertz CT molecular complexity index is 787.